The molecule has 0 spiro atoms. The van der Waals surface area contributed by atoms with Crippen LogP contribution in [0.15, 0.2) is 73.1 Å². The van der Waals surface area contributed by atoms with Gasteiger partial charge in [0.1, 0.15) is 0 Å². The molecule has 1 saturated heterocycles. The first-order valence-corrected chi connectivity index (χ1v) is 10.9. The van der Waals surface area contributed by atoms with Gasteiger partial charge in [0.05, 0.1) is 29.6 Å². The molecule has 0 unspecified atom stereocenters. The average Bonchev–Trinajstić information content (AvgIpc) is 3.30. The van der Waals surface area contributed by atoms with Crippen LogP contribution in [-0.4, -0.2) is 38.5 Å². The minimum Gasteiger partial charge on any atom is -0.457 e. The molecule has 1 aliphatic rings. The van der Waals surface area contributed by atoms with Crippen LogP contribution in [0.1, 0.15) is 16.1 Å². The Morgan fingerprint density at radius 1 is 1.10 bits per heavy atom. The van der Waals surface area contributed by atoms with E-state index in [1.54, 1.807) is 24.4 Å². The molecule has 1 fully saturated rings. The van der Waals surface area contributed by atoms with Gasteiger partial charge in [-0.2, -0.15) is 0 Å². The van der Waals surface area contributed by atoms with Crippen molar-refractivity contribution in [1.29, 1.82) is 0 Å². The molecule has 0 N–H and O–H groups in total. The number of rotatable bonds is 5. The Bertz CT molecular complexity index is 1040. The summed E-state index contributed by atoms with van der Waals surface area (Å²) >= 11 is 6.92. The van der Waals surface area contributed by atoms with E-state index in [2.05, 4.69) is 41.8 Å². The zero-order valence-electron chi connectivity index (χ0n) is 15.9. The number of anilines is 1. The van der Waals surface area contributed by atoms with Gasteiger partial charge in [-0.25, -0.2) is 4.79 Å². The minimum absolute atomic E-state index is 0.131. The highest BCUT2D eigenvalue weighted by Crippen LogP contribution is 2.33. The summed E-state index contributed by atoms with van der Waals surface area (Å²) in [6, 6.07) is 14.8. The Hall–Kier alpha value is -2.42. The minimum atomic E-state index is -0.576. The SMILES string of the molecule is O=C(Oc1c(Br)cc(Br)cc1C=Nc1ccc(N2CCOCC2)cc1)c1ccco1. The van der Waals surface area contributed by atoms with Gasteiger partial charge >= 0.3 is 5.97 Å². The van der Waals surface area contributed by atoms with Crippen LogP contribution < -0.4 is 9.64 Å². The number of carbonyl (C=O) groups is 1. The van der Waals surface area contributed by atoms with Crippen LogP contribution >= 0.6 is 31.9 Å². The molecule has 0 radical (unpaired) electrons. The molecule has 1 aromatic heterocycles. The maximum atomic E-state index is 12.3. The Labute approximate surface area is 190 Å². The maximum Gasteiger partial charge on any atom is 0.379 e. The van der Waals surface area contributed by atoms with Crippen LogP contribution in [-0.2, 0) is 4.74 Å². The summed E-state index contributed by atoms with van der Waals surface area (Å²) in [6.07, 6.45) is 3.10. The van der Waals surface area contributed by atoms with E-state index in [0.717, 1.165) is 42.2 Å². The Kier molecular flexibility index (Phi) is 6.66. The van der Waals surface area contributed by atoms with Gasteiger partial charge < -0.3 is 18.8 Å². The summed E-state index contributed by atoms with van der Waals surface area (Å²) in [5, 5.41) is 0. The molecule has 0 bridgehead atoms. The number of hydrogen-bond acceptors (Lipinski definition) is 6. The number of morpholine rings is 1. The summed E-state index contributed by atoms with van der Waals surface area (Å²) in [6.45, 7) is 3.27. The van der Waals surface area contributed by atoms with Gasteiger partial charge in [0.15, 0.2) is 5.75 Å². The van der Waals surface area contributed by atoms with E-state index in [4.69, 9.17) is 13.9 Å². The van der Waals surface area contributed by atoms with Crippen LogP contribution in [0.25, 0.3) is 0 Å². The number of hydrogen-bond donors (Lipinski definition) is 0. The summed E-state index contributed by atoms with van der Waals surface area (Å²) in [5.41, 5.74) is 2.59. The van der Waals surface area contributed by atoms with E-state index in [9.17, 15) is 4.79 Å². The molecule has 8 heteroatoms. The van der Waals surface area contributed by atoms with Crippen molar-refractivity contribution in [3.8, 4) is 5.75 Å². The van der Waals surface area contributed by atoms with E-state index in [1.165, 1.54) is 6.26 Å². The summed E-state index contributed by atoms with van der Waals surface area (Å²) in [7, 11) is 0. The highest BCUT2D eigenvalue weighted by molar-refractivity contribution is 9.11. The Balaban J connectivity index is 1.54. The predicted octanol–water partition coefficient (Wildman–Crippen LogP) is 5.61. The van der Waals surface area contributed by atoms with Gasteiger partial charge in [-0.3, -0.25) is 4.99 Å². The second-order valence-electron chi connectivity index (χ2n) is 6.55. The average molecular weight is 534 g/mol. The van der Waals surface area contributed by atoms with Crippen molar-refractivity contribution in [3.05, 3.63) is 75.1 Å². The Morgan fingerprint density at radius 2 is 1.87 bits per heavy atom. The number of benzene rings is 2. The second-order valence-corrected chi connectivity index (χ2v) is 8.32. The van der Waals surface area contributed by atoms with Crippen molar-refractivity contribution in [2.75, 3.05) is 31.2 Å². The van der Waals surface area contributed by atoms with Crippen molar-refractivity contribution in [2.24, 2.45) is 4.99 Å². The summed E-state index contributed by atoms with van der Waals surface area (Å²) < 4.78 is 17.5. The lowest BCUT2D eigenvalue weighted by Crippen LogP contribution is -2.36. The molecule has 0 aliphatic carbocycles. The third-order valence-electron chi connectivity index (χ3n) is 4.53. The molecule has 2 aromatic carbocycles. The van der Waals surface area contributed by atoms with Gasteiger partial charge in [0.2, 0.25) is 5.76 Å². The third-order valence-corrected chi connectivity index (χ3v) is 5.58. The molecule has 3 aromatic rings. The van der Waals surface area contributed by atoms with Crippen LogP contribution in [0.5, 0.6) is 5.75 Å². The molecule has 0 amide bonds. The smallest absolute Gasteiger partial charge is 0.379 e. The van der Waals surface area contributed by atoms with Crippen LogP contribution in [0.2, 0.25) is 0 Å². The zero-order valence-corrected chi connectivity index (χ0v) is 19.1. The van der Waals surface area contributed by atoms with E-state index >= 15 is 0 Å². The maximum absolute atomic E-state index is 12.3. The molecule has 0 saturated carbocycles. The number of nitrogens with zero attached hydrogens (tertiary/aromatic N) is 2. The fraction of sp³-hybridized carbons (Fsp3) is 0.182. The number of halogens is 2. The van der Waals surface area contributed by atoms with Gasteiger partial charge in [-0.05, 0) is 64.5 Å². The summed E-state index contributed by atoms with van der Waals surface area (Å²) in [4.78, 5) is 19.2. The monoisotopic (exact) mass is 532 g/mol. The normalized spacial score (nSPS) is 14.3. The molecular weight excluding hydrogens is 516 g/mol. The quantitative estimate of drug-likeness (QED) is 0.242. The highest BCUT2D eigenvalue weighted by Gasteiger charge is 2.17. The largest absolute Gasteiger partial charge is 0.457 e. The van der Waals surface area contributed by atoms with Gasteiger partial charge in [0, 0.05) is 35.0 Å². The third kappa shape index (κ3) is 5.00. The second kappa shape index (κ2) is 9.59. The predicted molar refractivity (Wildman–Crippen MR) is 122 cm³/mol. The standard InChI is InChI=1S/C22H18Br2N2O4/c23-16-12-15(21(19(24)13-16)30-22(27)20-2-1-9-29-20)14-25-17-3-5-18(6-4-17)26-7-10-28-11-8-26/h1-6,9,12-14H,7-8,10-11H2. The molecule has 4 rings (SSSR count). The fourth-order valence-corrected chi connectivity index (χ4v) is 4.38. The van der Waals surface area contributed by atoms with E-state index in [0.29, 0.717) is 15.8 Å². The molecule has 154 valence electrons. The molecule has 1 aliphatic heterocycles. The lowest BCUT2D eigenvalue weighted by atomic mass is 10.2. The fourth-order valence-electron chi connectivity index (χ4n) is 3.04. The van der Waals surface area contributed by atoms with Gasteiger partial charge in [0.25, 0.3) is 0 Å². The van der Waals surface area contributed by atoms with Gasteiger partial charge in [-0.15, -0.1) is 0 Å². The first-order chi connectivity index (χ1) is 14.6. The zero-order chi connectivity index (χ0) is 20.9. The number of furan rings is 1. The molecule has 2 heterocycles. The van der Waals surface area contributed by atoms with E-state index in [1.807, 2.05) is 30.3 Å². The number of ether oxygens (including phenoxy) is 2. The van der Waals surface area contributed by atoms with Crippen molar-refractivity contribution < 1.29 is 18.7 Å². The first kappa shape index (κ1) is 20.8. The Morgan fingerprint density at radius 3 is 2.57 bits per heavy atom. The molecule has 0 atom stereocenters. The van der Waals surface area contributed by atoms with Crippen molar-refractivity contribution in [2.45, 2.75) is 0 Å². The lowest BCUT2D eigenvalue weighted by molar-refractivity contribution is 0.0700. The van der Waals surface area contributed by atoms with Crippen LogP contribution in [0, 0.1) is 0 Å². The lowest BCUT2D eigenvalue weighted by Gasteiger charge is -2.28. The molecule has 6 nitrogen and oxygen atoms in total. The van der Waals surface area contributed by atoms with Crippen molar-refractivity contribution in [1.82, 2.24) is 0 Å². The van der Waals surface area contributed by atoms with Gasteiger partial charge in [-0.1, -0.05) is 15.9 Å². The summed E-state index contributed by atoms with van der Waals surface area (Å²) in [5.74, 6) is -0.0766. The highest BCUT2D eigenvalue weighted by atomic mass is 79.9. The van der Waals surface area contributed by atoms with E-state index < -0.39 is 5.97 Å². The topological polar surface area (TPSA) is 64.3 Å². The number of esters is 1. The van der Waals surface area contributed by atoms with Crippen LogP contribution in [0.3, 0.4) is 0 Å². The number of carbonyl (C=O) groups excluding carboxylic acids is 1. The van der Waals surface area contributed by atoms with E-state index in [-0.39, 0.29) is 5.76 Å². The van der Waals surface area contributed by atoms with Crippen molar-refractivity contribution >= 4 is 55.4 Å². The van der Waals surface area contributed by atoms with Crippen molar-refractivity contribution in [3.63, 3.8) is 0 Å². The first-order valence-electron chi connectivity index (χ1n) is 9.32. The number of aliphatic imine (C=N–C) groups is 1. The molecular formula is C22H18Br2N2O4. The molecule has 30 heavy (non-hydrogen) atoms. The van der Waals surface area contributed by atoms with Crippen LogP contribution in [0.4, 0.5) is 11.4 Å².